The van der Waals surface area contributed by atoms with Crippen molar-refractivity contribution in [1.82, 2.24) is 13.8 Å². The van der Waals surface area contributed by atoms with Crippen molar-refractivity contribution in [2.45, 2.75) is 58.9 Å². The first-order chi connectivity index (χ1) is 15.3. The van der Waals surface area contributed by atoms with Gasteiger partial charge in [0.2, 0.25) is 10.0 Å². The molecule has 182 valence electrons. The molecule has 0 aliphatic carbocycles. The number of ketones is 1. The molecule has 7 nitrogen and oxygen atoms in total. The van der Waals surface area contributed by atoms with Crippen LogP contribution in [0.15, 0.2) is 23.1 Å². The SMILES string of the molecule is COc1cc(C)c(S(=O)(=O)N2CCN(CC(=O)c3cc(C)n(C(C)(C)C)c3C)CC2)cc1C. The van der Waals surface area contributed by atoms with Gasteiger partial charge in [-0.3, -0.25) is 9.69 Å². The molecule has 0 atom stereocenters. The Labute approximate surface area is 198 Å². The second kappa shape index (κ2) is 9.24. The molecule has 2 heterocycles. The van der Waals surface area contributed by atoms with Crippen molar-refractivity contribution in [2.75, 3.05) is 39.8 Å². The molecule has 0 amide bonds. The number of ether oxygens (including phenoxy) is 1. The number of benzene rings is 1. The number of hydrogen-bond acceptors (Lipinski definition) is 5. The summed E-state index contributed by atoms with van der Waals surface area (Å²) in [5, 5.41) is 0. The van der Waals surface area contributed by atoms with E-state index < -0.39 is 10.0 Å². The van der Waals surface area contributed by atoms with Gasteiger partial charge in [0.25, 0.3) is 0 Å². The zero-order valence-electron chi connectivity index (χ0n) is 21.2. The van der Waals surface area contributed by atoms with Crippen molar-refractivity contribution >= 4 is 15.8 Å². The van der Waals surface area contributed by atoms with E-state index in [2.05, 4.69) is 25.3 Å². The van der Waals surface area contributed by atoms with Crippen LogP contribution in [0.3, 0.4) is 0 Å². The molecule has 33 heavy (non-hydrogen) atoms. The molecule has 3 rings (SSSR count). The number of aryl methyl sites for hydroxylation is 3. The molecule has 1 aromatic carbocycles. The lowest BCUT2D eigenvalue weighted by Crippen LogP contribution is -2.49. The van der Waals surface area contributed by atoms with Gasteiger partial charge in [-0.25, -0.2) is 8.42 Å². The lowest BCUT2D eigenvalue weighted by molar-refractivity contribution is 0.0901. The third-order valence-electron chi connectivity index (χ3n) is 6.41. The number of Topliss-reactive ketones (excluding diaryl/α,β-unsaturated/α-hetero) is 1. The molecule has 2 aromatic rings. The van der Waals surface area contributed by atoms with E-state index in [1.807, 2.05) is 31.7 Å². The molecule has 0 radical (unpaired) electrons. The molecular formula is C25H37N3O4S. The molecular weight excluding hydrogens is 438 g/mol. The van der Waals surface area contributed by atoms with E-state index >= 15 is 0 Å². The summed E-state index contributed by atoms with van der Waals surface area (Å²) in [7, 11) is -2.03. The molecule has 1 fully saturated rings. The van der Waals surface area contributed by atoms with E-state index in [1.54, 1.807) is 26.2 Å². The average molecular weight is 476 g/mol. The van der Waals surface area contributed by atoms with Crippen molar-refractivity contribution < 1.29 is 17.9 Å². The van der Waals surface area contributed by atoms with Gasteiger partial charge in [0, 0.05) is 48.7 Å². The van der Waals surface area contributed by atoms with Gasteiger partial charge in [0.1, 0.15) is 5.75 Å². The molecule has 1 aliphatic heterocycles. The first kappa shape index (κ1) is 25.5. The van der Waals surface area contributed by atoms with E-state index in [9.17, 15) is 13.2 Å². The van der Waals surface area contributed by atoms with Gasteiger partial charge < -0.3 is 9.30 Å². The first-order valence-corrected chi connectivity index (χ1v) is 12.8. The summed E-state index contributed by atoms with van der Waals surface area (Å²) in [6.07, 6.45) is 0. The van der Waals surface area contributed by atoms with Gasteiger partial charge in [-0.1, -0.05) is 0 Å². The Hall–Kier alpha value is -2.16. The van der Waals surface area contributed by atoms with Crippen LogP contribution >= 0.6 is 0 Å². The summed E-state index contributed by atoms with van der Waals surface area (Å²) in [4.78, 5) is 15.4. The Morgan fingerprint density at radius 3 is 2.09 bits per heavy atom. The summed E-state index contributed by atoms with van der Waals surface area (Å²) in [5.41, 5.74) is 4.18. The predicted molar refractivity (Wildman–Crippen MR) is 131 cm³/mol. The minimum Gasteiger partial charge on any atom is -0.496 e. The van der Waals surface area contributed by atoms with Crippen LogP contribution in [0, 0.1) is 27.7 Å². The van der Waals surface area contributed by atoms with Crippen molar-refractivity contribution in [2.24, 2.45) is 0 Å². The van der Waals surface area contributed by atoms with Crippen LogP contribution in [-0.4, -0.2) is 67.8 Å². The molecule has 0 N–H and O–H groups in total. The fraction of sp³-hybridized carbons (Fsp3) is 0.560. The highest BCUT2D eigenvalue weighted by atomic mass is 32.2. The highest BCUT2D eigenvalue weighted by Gasteiger charge is 2.31. The van der Waals surface area contributed by atoms with Crippen LogP contribution in [0.5, 0.6) is 5.75 Å². The number of sulfonamides is 1. The standard InChI is InChI=1S/C25H37N3O4S/c1-17-14-24(18(2)13-23(17)32-8)33(30,31)27-11-9-26(10-12-27)16-22(29)21-15-19(3)28(20(21)4)25(5,6)7/h13-15H,9-12,16H2,1-8H3. The van der Waals surface area contributed by atoms with Crippen LogP contribution in [0.4, 0.5) is 0 Å². The van der Waals surface area contributed by atoms with Gasteiger partial charge in [-0.05, 0) is 77.8 Å². The van der Waals surface area contributed by atoms with Gasteiger partial charge in [-0.2, -0.15) is 4.31 Å². The third kappa shape index (κ3) is 5.03. The van der Waals surface area contributed by atoms with E-state index in [0.717, 1.165) is 22.5 Å². The highest BCUT2D eigenvalue weighted by molar-refractivity contribution is 7.89. The van der Waals surface area contributed by atoms with Crippen LogP contribution in [-0.2, 0) is 15.6 Å². The topological polar surface area (TPSA) is 71.9 Å². The molecule has 0 saturated carbocycles. The lowest BCUT2D eigenvalue weighted by Gasteiger charge is -2.34. The minimum atomic E-state index is -3.61. The molecule has 8 heteroatoms. The third-order valence-corrected chi connectivity index (χ3v) is 8.45. The van der Waals surface area contributed by atoms with Crippen molar-refractivity contribution in [3.05, 3.63) is 46.3 Å². The van der Waals surface area contributed by atoms with Crippen LogP contribution in [0.25, 0.3) is 0 Å². The second-order valence-corrected chi connectivity index (χ2v) is 11.9. The number of nitrogens with zero attached hydrogens (tertiary/aromatic N) is 3. The summed E-state index contributed by atoms with van der Waals surface area (Å²) >= 11 is 0. The molecule has 1 aliphatic rings. The maximum absolute atomic E-state index is 13.3. The maximum Gasteiger partial charge on any atom is 0.243 e. The van der Waals surface area contributed by atoms with Crippen LogP contribution in [0.1, 0.15) is 53.6 Å². The smallest absolute Gasteiger partial charge is 0.243 e. The number of aromatic nitrogens is 1. The van der Waals surface area contributed by atoms with Gasteiger partial charge >= 0.3 is 0 Å². The van der Waals surface area contributed by atoms with Crippen molar-refractivity contribution in [3.63, 3.8) is 0 Å². The van der Waals surface area contributed by atoms with E-state index in [0.29, 0.717) is 48.9 Å². The van der Waals surface area contributed by atoms with Gasteiger partial charge in [0.15, 0.2) is 5.78 Å². The Morgan fingerprint density at radius 2 is 1.58 bits per heavy atom. The normalized spacial score (nSPS) is 16.2. The maximum atomic E-state index is 13.3. The van der Waals surface area contributed by atoms with E-state index in [1.165, 1.54) is 4.31 Å². The second-order valence-electron chi connectivity index (χ2n) is 9.98. The van der Waals surface area contributed by atoms with Gasteiger partial charge in [-0.15, -0.1) is 0 Å². The Balaban J connectivity index is 1.70. The first-order valence-electron chi connectivity index (χ1n) is 11.4. The van der Waals surface area contributed by atoms with E-state index in [4.69, 9.17) is 4.74 Å². The fourth-order valence-electron chi connectivity index (χ4n) is 4.89. The number of piperazine rings is 1. The molecule has 1 aromatic heterocycles. The van der Waals surface area contributed by atoms with Crippen molar-refractivity contribution in [1.29, 1.82) is 0 Å². The number of methoxy groups -OCH3 is 1. The summed E-state index contributed by atoms with van der Waals surface area (Å²) in [5.74, 6) is 0.761. The zero-order valence-corrected chi connectivity index (χ0v) is 22.0. The fourth-order valence-corrected chi connectivity index (χ4v) is 6.61. The zero-order chi connectivity index (χ0) is 24.7. The Bertz CT molecular complexity index is 1150. The van der Waals surface area contributed by atoms with E-state index in [-0.39, 0.29) is 11.3 Å². The molecule has 0 bridgehead atoms. The minimum absolute atomic E-state index is 0.0801. The number of carbonyl (C=O) groups is 1. The van der Waals surface area contributed by atoms with Crippen LogP contribution < -0.4 is 4.74 Å². The molecule has 0 spiro atoms. The summed E-state index contributed by atoms with van der Waals surface area (Å²) in [6, 6.07) is 5.42. The largest absolute Gasteiger partial charge is 0.496 e. The summed E-state index contributed by atoms with van der Waals surface area (Å²) in [6.45, 7) is 16.1. The van der Waals surface area contributed by atoms with Crippen LogP contribution in [0.2, 0.25) is 0 Å². The van der Waals surface area contributed by atoms with Gasteiger partial charge in [0.05, 0.1) is 18.6 Å². The summed E-state index contributed by atoms with van der Waals surface area (Å²) < 4.78 is 35.6. The lowest BCUT2D eigenvalue weighted by atomic mass is 10.1. The molecule has 0 unspecified atom stereocenters. The Kier molecular flexibility index (Phi) is 7.13. The number of hydrogen-bond donors (Lipinski definition) is 0. The average Bonchev–Trinajstić information content (AvgIpc) is 3.04. The Morgan fingerprint density at radius 1 is 0.970 bits per heavy atom. The molecule has 1 saturated heterocycles. The monoisotopic (exact) mass is 475 g/mol. The predicted octanol–water partition coefficient (Wildman–Crippen LogP) is 3.67. The quantitative estimate of drug-likeness (QED) is 0.596. The number of carbonyl (C=O) groups excluding carboxylic acids is 1. The highest BCUT2D eigenvalue weighted by Crippen LogP contribution is 2.29. The number of rotatable bonds is 6. The van der Waals surface area contributed by atoms with Crippen molar-refractivity contribution in [3.8, 4) is 5.75 Å².